The Morgan fingerprint density at radius 2 is 2.06 bits per heavy atom. The molecule has 0 bridgehead atoms. The third kappa shape index (κ3) is 1.78. The Bertz CT molecular complexity index is 502. The summed E-state index contributed by atoms with van der Waals surface area (Å²) in [6, 6.07) is 3.37. The van der Waals surface area contributed by atoms with Crippen molar-refractivity contribution in [1.29, 1.82) is 0 Å². The first-order chi connectivity index (χ1) is 7.50. The van der Waals surface area contributed by atoms with E-state index < -0.39 is 11.7 Å². The van der Waals surface area contributed by atoms with E-state index in [2.05, 4.69) is 15.2 Å². The van der Waals surface area contributed by atoms with Crippen LogP contribution in [0, 0.1) is 6.92 Å². The smallest absolute Gasteiger partial charge is 0.276 e. The van der Waals surface area contributed by atoms with Crippen LogP contribution in [-0.2, 0) is 6.18 Å². The number of alkyl halides is 3. The van der Waals surface area contributed by atoms with Gasteiger partial charge in [-0.1, -0.05) is 6.07 Å². The molecule has 3 nitrogen and oxygen atoms in total. The summed E-state index contributed by atoms with van der Waals surface area (Å²) in [5.74, 6) is 0. The van der Waals surface area contributed by atoms with E-state index in [1.165, 1.54) is 6.20 Å². The number of nitrogens with one attached hydrogen (secondary N) is 1. The number of aryl methyl sites for hydroxylation is 1. The number of H-pyrrole nitrogens is 1. The molecule has 1 N–H and O–H groups in total. The van der Waals surface area contributed by atoms with Gasteiger partial charge in [0.05, 0.1) is 17.6 Å². The molecular weight excluding hydrogens is 219 g/mol. The second-order valence-electron chi connectivity index (χ2n) is 3.33. The van der Waals surface area contributed by atoms with Crippen molar-refractivity contribution in [2.45, 2.75) is 13.1 Å². The van der Waals surface area contributed by atoms with Crippen LogP contribution >= 0.6 is 0 Å². The quantitative estimate of drug-likeness (QED) is 0.813. The molecule has 2 aromatic rings. The van der Waals surface area contributed by atoms with Gasteiger partial charge in [0.25, 0.3) is 0 Å². The predicted octanol–water partition coefficient (Wildman–Crippen LogP) is 2.80. The first-order valence-corrected chi connectivity index (χ1v) is 4.52. The molecule has 0 radical (unpaired) electrons. The maximum Gasteiger partial charge on any atom is 0.420 e. The van der Waals surface area contributed by atoms with E-state index in [1.807, 2.05) is 0 Å². The van der Waals surface area contributed by atoms with Gasteiger partial charge in [0.2, 0.25) is 0 Å². The minimum Gasteiger partial charge on any atom is -0.276 e. The SMILES string of the molecule is Cc1cccnc1-c1[nH]ncc1C(F)(F)F. The predicted molar refractivity (Wildman–Crippen MR) is 51.6 cm³/mol. The Hall–Kier alpha value is -1.85. The number of aromatic amines is 1. The fourth-order valence-corrected chi connectivity index (χ4v) is 1.43. The van der Waals surface area contributed by atoms with Crippen LogP contribution in [0.3, 0.4) is 0 Å². The van der Waals surface area contributed by atoms with Gasteiger partial charge in [-0.3, -0.25) is 10.1 Å². The zero-order chi connectivity index (χ0) is 11.8. The van der Waals surface area contributed by atoms with Gasteiger partial charge in [-0.05, 0) is 18.6 Å². The Morgan fingerprint density at radius 3 is 2.69 bits per heavy atom. The van der Waals surface area contributed by atoms with Crippen LogP contribution in [0.5, 0.6) is 0 Å². The first kappa shape index (κ1) is 10.7. The van der Waals surface area contributed by atoms with Gasteiger partial charge in [0.1, 0.15) is 5.56 Å². The molecule has 2 aromatic heterocycles. The first-order valence-electron chi connectivity index (χ1n) is 4.52. The summed E-state index contributed by atoms with van der Waals surface area (Å²) < 4.78 is 37.8. The molecule has 84 valence electrons. The maximum absolute atomic E-state index is 12.6. The molecule has 6 heteroatoms. The van der Waals surface area contributed by atoms with E-state index in [0.29, 0.717) is 5.56 Å². The number of hydrogen-bond donors (Lipinski definition) is 1. The summed E-state index contributed by atoms with van der Waals surface area (Å²) in [6.07, 6.45) is -2.21. The summed E-state index contributed by atoms with van der Waals surface area (Å²) in [7, 11) is 0. The molecule has 2 rings (SSSR count). The Balaban J connectivity index is 2.58. The normalized spacial score (nSPS) is 11.8. The second-order valence-corrected chi connectivity index (χ2v) is 3.33. The molecule has 0 aliphatic rings. The molecule has 0 amide bonds. The monoisotopic (exact) mass is 227 g/mol. The molecule has 0 aliphatic heterocycles. The highest BCUT2D eigenvalue weighted by molar-refractivity contribution is 5.62. The highest BCUT2D eigenvalue weighted by Gasteiger charge is 2.35. The van der Waals surface area contributed by atoms with Crippen LogP contribution in [-0.4, -0.2) is 15.2 Å². The van der Waals surface area contributed by atoms with E-state index in [4.69, 9.17) is 0 Å². The van der Waals surface area contributed by atoms with Gasteiger partial charge in [0.15, 0.2) is 0 Å². The molecule has 2 heterocycles. The largest absolute Gasteiger partial charge is 0.420 e. The van der Waals surface area contributed by atoms with Crippen molar-refractivity contribution < 1.29 is 13.2 Å². The zero-order valence-electron chi connectivity index (χ0n) is 8.34. The van der Waals surface area contributed by atoms with E-state index in [1.54, 1.807) is 19.1 Å². The van der Waals surface area contributed by atoms with Crippen LogP contribution in [0.2, 0.25) is 0 Å². The molecule has 0 aromatic carbocycles. The lowest BCUT2D eigenvalue weighted by Gasteiger charge is -2.07. The summed E-state index contributed by atoms with van der Waals surface area (Å²) in [5, 5.41) is 5.76. The number of nitrogens with zero attached hydrogens (tertiary/aromatic N) is 2. The van der Waals surface area contributed by atoms with E-state index >= 15 is 0 Å². The van der Waals surface area contributed by atoms with Crippen molar-refractivity contribution in [1.82, 2.24) is 15.2 Å². The standard InChI is InChI=1S/C10H8F3N3/c1-6-3-2-4-14-8(6)9-7(5-15-16-9)10(11,12)13/h2-5H,1H3,(H,15,16). The molecule has 0 atom stereocenters. The number of aromatic nitrogens is 3. The Morgan fingerprint density at radius 1 is 1.31 bits per heavy atom. The molecule has 16 heavy (non-hydrogen) atoms. The minimum atomic E-state index is -4.42. The van der Waals surface area contributed by atoms with Gasteiger partial charge >= 0.3 is 6.18 Å². The van der Waals surface area contributed by atoms with Crippen LogP contribution in [0.4, 0.5) is 13.2 Å². The molecule has 0 spiro atoms. The number of halogens is 3. The number of pyridine rings is 1. The third-order valence-corrected chi connectivity index (χ3v) is 2.19. The summed E-state index contributed by atoms with van der Waals surface area (Å²) in [4.78, 5) is 3.92. The molecule has 0 aliphatic carbocycles. The fourth-order valence-electron chi connectivity index (χ4n) is 1.43. The zero-order valence-corrected chi connectivity index (χ0v) is 8.34. The summed E-state index contributed by atoms with van der Waals surface area (Å²) in [5.41, 5.74) is 0.0458. The molecule has 0 fully saturated rings. The lowest BCUT2D eigenvalue weighted by atomic mass is 10.1. The molecular formula is C10H8F3N3. The second kappa shape index (κ2) is 3.62. The Labute approximate surface area is 89.3 Å². The van der Waals surface area contributed by atoms with Crippen molar-refractivity contribution in [2.24, 2.45) is 0 Å². The third-order valence-electron chi connectivity index (χ3n) is 2.19. The lowest BCUT2D eigenvalue weighted by Crippen LogP contribution is -2.06. The van der Waals surface area contributed by atoms with Crippen molar-refractivity contribution in [3.05, 3.63) is 35.7 Å². The topological polar surface area (TPSA) is 41.6 Å². The molecule has 0 saturated heterocycles. The van der Waals surface area contributed by atoms with E-state index in [0.717, 1.165) is 6.20 Å². The minimum absolute atomic E-state index is 0.0920. The van der Waals surface area contributed by atoms with Gasteiger partial charge in [-0.25, -0.2) is 0 Å². The fraction of sp³-hybridized carbons (Fsp3) is 0.200. The molecule has 0 saturated carbocycles. The summed E-state index contributed by atoms with van der Waals surface area (Å²) >= 11 is 0. The van der Waals surface area contributed by atoms with Crippen molar-refractivity contribution in [3.63, 3.8) is 0 Å². The number of rotatable bonds is 1. The summed E-state index contributed by atoms with van der Waals surface area (Å²) in [6.45, 7) is 1.70. The Kier molecular flexibility index (Phi) is 2.41. The highest BCUT2D eigenvalue weighted by Crippen LogP contribution is 2.35. The average molecular weight is 227 g/mol. The van der Waals surface area contributed by atoms with Gasteiger partial charge in [-0.2, -0.15) is 18.3 Å². The lowest BCUT2D eigenvalue weighted by molar-refractivity contribution is -0.137. The van der Waals surface area contributed by atoms with Crippen LogP contribution in [0.25, 0.3) is 11.4 Å². The van der Waals surface area contributed by atoms with E-state index in [-0.39, 0.29) is 11.4 Å². The van der Waals surface area contributed by atoms with Crippen molar-refractivity contribution in [2.75, 3.05) is 0 Å². The van der Waals surface area contributed by atoms with Gasteiger partial charge < -0.3 is 0 Å². The average Bonchev–Trinajstić information content (AvgIpc) is 2.66. The highest BCUT2D eigenvalue weighted by atomic mass is 19.4. The van der Waals surface area contributed by atoms with Crippen molar-refractivity contribution >= 4 is 0 Å². The van der Waals surface area contributed by atoms with Gasteiger partial charge in [-0.15, -0.1) is 0 Å². The van der Waals surface area contributed by atoms with Crippen LogP contribution < -0.4 is 0 Å². The maximum atomic E-state index is 12.6. The van der Waals surface area contributed by atoms with Crippen molar-refractivity contribution in [3.8, 4) is 11.4 Å². The van der Waals surface area contributed by atoms with Gasteiger partial charge in [0, 0.05) is 6.20 Å². The number of hydrogen-bond acceptors (Lipinski definition) is 2. The van der Waals surface area contributed by atoms with Crippen LogP contribution in [0.15, 0.2) is 24.5 Å². The molecule has 0 unspecified atom stereocenters. The van der Waals surface area contributed by atoms with Crippen LogP contribution in [0.1, 0.15) is 11.1 Å². The van der Waals surface area contributed by atoms with E-state index in [9.17, 15) is 13.2 Å².